The van der Waals surface area contributed by atoms with Gasteiger partial charge in [0.15, 0.2) is 0 Å². The van der Waals surface area contributed by atoms with Crippen LogP contribution in [0.2, 0.25) is 0 Å². The van der Waals surface area contributed by atoms with Gasteiger partial charge in [-0.15, -0.1) is 11.3 Å². The zero-order valence-corrected chi connectivity index (χ0v) is 16.9. The summed E-state index contributed by atoms with van der Waals surface area (Å²) in [5.41, 5.74) is 2.00. The van der Waals surface area contributed by atoms with Gasteiger partial charge in [0.1, 0.15) is 10.1 Å². The third-order valence-corrected chi connectivity index (χ3v) is 7.24. The molecule has 1 unspecified atom stereocenters. The number of thiocarbonyl (C=S) groups is 1. The quantitative estimate of drug-likeness (QED) is 0.714. The molecular weight excluding hydrogens is 370 g/mol. The van der Waals surface area contributed by atoms with Crippen molar-refractivity contribution in [2.75, 3.05) is 0 Å². The number of hydrogen-bond donors (Lipinski definition) is 2. The van der Waals surface area contributed by atoms with E-state index >= 15 is 0 Å². The van der Waals surface area contributed by atoms with E-state index in [0.717, 1.165) is 27.3 Å². The summed E-state index contributed by atoms with van der Waals surface area (Å²) in [5, 5.41) is 12.8. The molecule has 1 fully saturated rings. The number of benzene rings is 1. The highest BCUT2D eigenvalue weighted by Crippen LogP contribution is 2.38. The van der Waals surface area contributed by atoms with Gasteiger partial charge in [0.2, 0.25) is 5.91 Å². The Morgan fingerprint density at radius 1 is 1.28 bits per heavy atom. The molecule has 1 aromatic carbocycles. The number of phenols is 1. The first-order chi connectivity index (χ1) is 11.8. The minimum Gasteiger partial charge on any atom is -0.508 e. The van der Waals surface area contributed by atoms with Crippen LogP contribution in [-0.2, 0) is 16.6 Å². The van der Waals surface area contributed by atoms with Gasteiger partial charge in [-0.05, 0) is 47.7 Å². The number of carbonyl (C=O) groups excluding carboxylic acids is 1. The molecule has 132 valence electrons. The second-order valence-electron chi connectivity index (χ2n) is 6.82. The normalized spacial score (nSPS) is 17.8. The summed E-state index contributed by atoms with van der Waals surface area (Å²) in [5.74, 6) is 0.349. The Morgan fingerprint density at radius 3 is 2.68 bits per heavy atom. The zero-order valence-electron chi connectivity index (χ0n) is 14.5. The van der Waals surface area contributed by atoms with Crippen molar-refractivity contribution in [1.29, 1.82) is 0 Å². The molecule has 1 amide bonds. The fourth-order valence-corrected chi connectivity index (χ4v) is 5.23. The number of thioether (sulfide) groups is 1. The first kappa shape index (κ1) is 18.4. The largest absolute Gasteiger partial charge is 0.508 e. The maximum atomic E-state index is 11.8. The summed E-state index contributed by atoms with van der Waals surface area (Å²) in [6.45, 7) is 6.42. The van der Waals surface area contributed by atoms with E-state index in [9.17, 15) is 9.90 Å². The highest BCUT2D eigenvalue weighted by atomic mass is 32.2. The van der Waals surface area contributed by atoms with Gasteiger partial charge in [-0.1, -0.05) is 44.8 Å². The SMILES string of the molecule is CCC(C)(C)c1cc(-c2ccc(CC3SC(=S)NC3=O)s2)ccc1O. The fourth-order valence-electron chi connectivity index (χ4n) is 2.77. The van der Waals surface area contributed by atoms with Crippen molar-refractivity contribution in [3.05, 3.63) is 40.8 Å². The molecule has 1 aliphatic heterocycles. The lowest BCUT2D eigenvalue weighted by molar-refractivity contribution is -0.118. The minimum atomic E-state index is -0.131. The lowest BCUT2D eigenvalue weighted by Crippen LogP contribution is -2.25. The molecule has 3 nitrogen and oxygen atoms in total. The second kappa shape index (κ2) is 7.09. The van der Waals surface area contributed by atoms with Crippen molar-refractivity contribution in [2.45, 2.75) is 44.3 Å². The van der Waals surface area contributed by atoms with E-state index in [2.05, 4.69) is 44.3 Å². The highest BCUT2D eigenvalue weighted by molar-refractivity contribution is 8.24. The lowest BCUT2D eigenvalue weighted by Gasteiger charge is -2.24. The third kappa shape index (κ3) is 3.91. The van der Waals surface area contributed by atoms with E-state index in [1.807, 2.05) is 6.07 Å². The number of carbonyl (C=O) groups is 1. The Labute approximate surface area is 161 Å². The molecule has 25 heavy (non-hydrogen) atoms. The van der Waals surface area contributed by atoms with Gasteiger partial charge in [0.05, 0.1) is 5.25 Å². The van der Waals surface area contributed by atoms with Gasteiger partial charge < -0.3 is 10.4 Å². The molecule has 2 heterocycles. The predicted molar refractivity (Wildman–Crippen MR) is 111 cm³/mol. The van der Waals surface area contributed by atoms with Gasteiger partial charge in [0.25, 0.3) is 0 Å². The standard InChI is InChI=1S/C19H21NO2S3/c1-4-19(2,3)13-9-11(5-7-14(13)21)15-8-6-12(24-15)10-16-17(22)20-18(23)25-16/h5-9,16,21H,4,10H2,1-3H3,(H,20,22,23). The van der Waals surface area contributed by atoms with Crippen LogP contribution in [0.3, 0.4) is 0 Å². The summed E-state index contributed by atoms with van der Waals surface area (Å²) < 4.78 is 0.566. The van der Waals surface area contributed by atoms with Crippen molar-refractivity contribution in [3.63, 3.8) is 0 Å². The van der Waals surface area contributed by atoms with Crippen LogP contribution >= 0.6 is 35.3 Å². The van der Waals surface area contributed by atoms with Crippen molar-refractivity contribution >= 4 is 45.5 Å². The Kier molecular flexibility index (Phi) is 5.23. The third-order valence-electron chi connectivity index (χ3n) is 4.71. The number of thiophene rings is 1. The molecule has 3 rings (SSSR count). The fraction of sp³-hybridized carbons (Fsp3) is 0.368. The van der Waals surface area contributed by atoms with Crippen LogP contribution in [0.4, 0.5) is 0 Å². The van der Waals surface area contributed by atoms with E-state index in [1.54, 1.807) is 17.4 Å². The Bertz CT molecular complexity index is 826. The first-order valence-corrected chi connectivity index (χ1v) is 10.3. The van der Waals surface area contributed by atoms with Crippen molar-refractivity contribution < 1.29 is 9.90 Å². The number of aromatic hydroxyl groups is 1. The van der Waals surface area contributed by atoms with E-state index < -0.39 is 0 Å². The van der Waals surface area contributed by atoms with Crippen LogP contribution in [0.15, 0.2) is 30.3 Å². The highest BCUT2D eigenvalue weighted by Gasteiger charge is 2.29. The van der Waals surface area contributed by atoms with Gasteiger partial charge in [-0.3, -0.25) is 4.79 Å². The molecule has 6 heteroatoms. The summed E-state index contributed by atoms with van der Waals surface area (Å²) in [6.07, 6.45) is 1.64. The number of rotatable bonds is 5. The average Bonchev–Trinajstić information content (AvgIpc) is 3.14. The molecule has 0 radical (unpaired) electrons. The van der Waals surface area contributed by atoms with E-state index in [0.29, 0.717) is 16.5 Å². The maximum Gasteiger partial charge on any atom is 0.239 e. The Hall–Kier alpha value is -1.37. The van der Waals surface area contributed by atoms with E-state index in [-0.39, 0.29) is 16.6 Å². The Balaban J connectivity index is 1.84. The molecule has 2 N–H and O–H groups in total. The minimum absolute atomic E-state index is 0.00145. The monoisotopic (exact) mass is 391 g/mol. The molecule has 0 aliphatic carbocycles. The molecule has 0 bridgehead atoms. The molecule has 0 spiro atoms. The molecule has 1 aromatic heterocycles. The van der Waals surface area contributed by atoms with Crippen LogP contribution in [0.25, 0.3) is 10.4 Å². The topological polar surface area (TPSA) is 49.3 Å². The predicted octanol–water partition coefficient (Wildman–Crippen LogP) is 4.87. The smallest absolute Gasteiger partial charge is 0.239 e. The molecular formula is C19H21NO2S3. The van der Waals surface area contributed by atoms with Crippen LogP contribution in [-0.4, -0.2) is 20.6 Å². The van der Waals surface area contributed by atoms with Crippen molar-refractivity contribution in [2.24, 2.45) is 0 Å². The van der Waals surface area contributed by atoms with Crippen LogP contribution in [0.1, 0.15) is 37.6 Å². The number of phenolic OH excluding ortho intramolecular Hbond substituents is 1. The first-order valence-electron chi connectivity index (χ1n) is 8.24. The molecule has 1 saturated heterocycles. The number of amides is 1. The van der Waals surface area contributed by atoms with Crippen molar-refractivity contribution in [3.8, 4) is 16.2 Å². The van der Waals surface area contributed by atoms with Gasteiger partial charge >= 0.3 is 0 Å². The lowest BCUT2D eigenvalue weighted by atomic mass is 9.81. The van der Waals surface area contributed by atoms with Crippen LogP contribution in [0.5, 0.6) is 5.75 Å². The van der Waals surface area contributed by atoms with Gasteiger partial charge in [-0.25, -0.2) is 0 Å². The molecule has 1 aliphatic rings. The van der Waals surface area contributed by atoms with Crippen LogP contribution < -0.4 is 5.32 Å². The molecule has 2 aromatic rings. The number of nitrogens with one attached hydrogen (secondary N) is 1. The second-order valence-corrected chi connectivity index (χ2v) is 9.87. The van der Waals surface area contributed by atoms with E-state index in [1.165, 1.54) is 11.8 Å². The molecule has 1 atom stereocenters. The maximum absolute atomic E-state index is 11.8. The summed E-state index contributed by atoms with van der Waals surface area (Å²) in [4.78, 5) is 14.2. The van der Waals surface area contributed by atoms with Crippen molar-refractivity contribution in [1.82, 2.24) is 5.32 Å². The summed E-state index contributed by atoms with van der Waals surface area (Å²) >= 11 is 8.17. The van der Waals surface area contributed by atoms with Gasteiger partial charge in [0, 0.05) is 21.7 Å². The van der Waals surface area contributed by atoms with Crippen LogP contribution in [0, 0.1) is 0 Å². The van der Waals surface area contributed by atoms with Gasteiger partial charge in [-0.2, -0.15) is 0 Å². The van der Waals surface area contributed by atoms with E-state index in [4.69, 9.17) is 12.2 Å². The zero-order chi connectivity index (χ0) is 18.2. The molecule has 0 saturated carbocycles. The summed E-state index contributed by atoms with van der Waals surface area (Å²) in [6, 6.07) is 9.98. The number of hydrogen-bond acceptors (Lipinski definition) is 5. The summed E-state index contributed by atoms with van der Waals surface area (Å²) in [7, 11) is 0. The average molecular weight is 392 g/mol. The Morgan fingerprint density at radius 2 is 2.04 bits per heavy atom.